The van der Waals surface area contributed by atoms with E-state index in [4.69, 9.17) is 4.74 Å². The fourth-order valence-electron chi connectivity index (χ4n) is 5.22. The summed E-state index contributed by atoms with van der Waals surface area (Å²) in [5.74, 6) is -3.60. The summed E-state index contributed by atoms with van der Waals surface area (Å²) in [5.41, 5.74) is 1.40. The largest absolute Gasteiger partial charge is 0.468 e. The zero-order chi connectivity index (χ0) is 27.2. The maximum Gasteiger partial charge on any atom is 0.362 e. The van der Waals surface area contributed by atoms with E-state index in [-0.39, 0.29) is 17.8 Å². The molecule has 2 aliphatic rings. The number of benzene rings is 1. The number of carbonyl (C=O) groups is 3. The molecule has 2 atom stereocenters. The number of halogens is 2. The molecule has 202 valence electrons. The van der Waals surface area contributed by atoms with Crippen molar-refractivity contribution in [2.45, 2.75) is 38.1 Å². The number of hydrogen-bond donors (Lipinski definition) is 0. The molecule has 11 heteroatoms. The molecule has 0 bridgehead atoms. The molecular formula is C27H31F2N5O4. The van der Waals surface area contributed by atoms with Gasteiger partial charge >= 0.3 is 12.0 Å². The van der Waals surface area contributed by atoms with Crippen LogP contribution in [0, 0.1) is 17.6 Å². The summed E-state index contributed by atoms with van der Waals surface area (Å²) in [5, 5.41) is 2.20. The first kappa shape index (κ1) is 27.3. The van der Waals surface area contributed by atoms with Crippen LogP contribution in [-0.4, -0.2) is 77.3 Å². The Morgan fingerprint density at radius 3 is 2.58 bits per heavy atom. The quantitative estimate of drug-likeness (QED) is 0.364. The van der Waals surface area contributed by atoms with Gasteiger partial charge in [-0.1, -0.05) is 12.1 Å². The van der Waals surface area contributed by atoms with Crippen LogP contribution in [0.1, 0.15) is 49.4 Å². The van der Waals surface area contributed by atoms with Gasteiger partial charge in [0.05, 0.1) is 13.2 Å². The first-order chi connectivity index (χ1) is 18.3. The van der Waals surface area contributed by atoms with Crippen molar-refractivity contribution < 1.29 is 27.9 Å². The van der Waals surface area contributed by atoms with E-state index in [0.717, 1.165) is 53.8 Å². The number of pyridine rings is 1. The standard InChI is InChI=1S/C27H31F2N5O4/c1-18-24(26(36)38-2)25(20-7-8-21(28)22(29)16-20)34(27(37)31-18)33(17-35)13-5-12-32-14-9-19(10-15-32)23-6-3-4-11-30-23/h3-4,6-8,11,16-17,19,24-25H,5,9-10,12-15H2,1-2H3. The van der Waals surface area contributed by atoms with Crippen molar-refractivity contribution >= 4 is 24.1 Å². The molecular weight excluding hydrogens is 496 g/mol. The molecule has 3 heterocycles. The number of nitrogens with zero attached hydrogens (tertiary/aromatic N) is 5. The lowest BCUT2D eigenvalue weighted by Gasteiger charge is -2.42. The summed E-state index contributed by atoms with van der Waals surface area (Å²) in [4.78, 5) is 48.6. The van der Waals surface area contributed by atoms with Crippen molar-refractivity contribution in [1.82, 2.24) is 19.9 Å². The van der Waals surface area contributed by atoms with Gasteiger partial charge in [-0.25, -0.2) is 23.6 Å². The van der Waals surface area contributed by atoms with E-state index >= 15 is 0 Å². The Balaban J connectivity index is 1.47. The van der Waals surface area contributed by atoms with Gasteiger partial charge in [-0.05, 0) is 75.6 Å². The van der Waals surface area contributed by atoms with Crippen LogP contribution in [0.25, 0.3) is 0 Å². The molecule has 0 saturated carbocycles. The van der Waals surface area contributed by atoms with Crippen LogP contribution in [-0.2, 0) is 14.3 Å². The number of esters is 1. The van der Waals surface area contributed by atoms with Crippen LogP contribution in [0.2, 0.25) is 0 Å². The van der Waals surface area contributed by atoms with Gasteiger partial charge in [-0.2, -0.15) is 0 Å². The molecule has 4 rings (SSSR count). The topological polar surface area (TPSA) is 95.4 Å². The average molecular weight is 528 g/mol. The third-order valence-corrected chi connectivity index (χ3v) is 7.19. The van der Waals surface area contributed by atoms with Crippen LogP contribution >= 0.6 is 0 Å². The van der Waals surface area contributed by atoms with E-state index < -0.39 is 35.6 Å². The number of amides is 3. The van der Waals surface area contributed by atoms with Crippen LogP contribution < -0.4 is 0 Å². The highest BCUT2D eigenvalue weighted by Gasteiger charge is 2.45. The number of aromatic nitrogens is 1. The van der Waals surface area contributed by atoms with Gasteiger partial charge in [-0.3, -0.25) is 19.6 Å². The number of hydrogen-bond acceptors (Lipinski definition) is 6. The van der Waals surface area contributed by atoms with Crippen molar-refractivity contribution in [3.8, 4) is 0 Å². The van der Waals surface area contributed by atoms with Gasteiger partial charge in [0.2, 0.25) is 6.41 Å². The Kier molecular flexibility index (Phi) is 8.77. The van der Waals surface area contributed by atoms with E-state index in [9.17, 15) is 23.2 Å². The third kappa shape index (κ3) is 5.88. The van der Waals surface area contributed by atoms with Crippen molar-refractivity contribution in [1.29, 1.82) is 0 Å². The first-order valence-corrected chi connectivity index (χ1v) is 12.6. The highest BCUT2D eigenvalue weighted by molar-refractivity contribution is 6.08. The summed E-state index contributed by atoms with van der Waals surface area (Å²) in [6.45, 7) is 4.12. The predicted molar refractivity (Wildman–Crippen MR) is 135 cm³/mol. The van der Waals surface area contributed by atoms with Crippen LogP contribution in [0.15, 0.2) is 47.6 Å². The second-order valence-corrected chi connectivity index (χ2v) is 9.49. The minimum absolute atomic E-state index is 0.144. The molecule has 0 spiro atoms. The lowest BCUT2D eigenvalue weighted by Crippen LogP contribution is -2.54. The minimum atomic E-state index is -1.14. The summed E-state index contributed by atoms with van der Waals surface area (Å²) in [6, 6.07) is 7.16. The first-order valence-electron chi connectivity index (χ1n) is 12.6. The normalized spacial score (nSPS) is 20.7. The molecule has 3 amide bonds. The molecule has 1 aromatic heterocycles. The molecule has 2 aromatic rings. The maximum atomic E-state index is 14.2. The van der Waals surface area contributed by atoms with Crippen LogP contribution in [0.5, 0.6) is 0 Å². The van der Waals surface area contributed by atoms with E-state index in [2.05, 4.69) is 14.9 Å². The molecule has 2 aliphatic heterocycles. The smallest absolute Gasteiger partial charge is 0.362 e. The van der Waals surface area contributed by atoms with Crippen LogP contribution in [0.4, 0.5) is 13.6 Å². The number of urea groups is 1. The molecule has 1 fully saturated rings. The number of piperidine rings is 1. The number of likely N-dealkylation sites (tertiary alicyclic amines) is 1. The zero-order valence-electron chi connectivity index (χ0n) is 21.4. The number of rotatable bonds is 9. The second-order valence-electron chi connectivity index (χ2n) is 9.49. The van der Waals surface area contributed by atoms with Gasteiger partial charge in [0, 0.05) is 30.1 Å². The molecule has 0 aliphatic carbocycles. The van der Waals surface area contributed by atoms with E-state index in [1.165, 1.54) is 20.1 Å². The molecule has 0 radical (unpaired) electrons. The number of carbonyl (C=O) groups excluding carboxylic acids is 3. The number of aliphatic imine (C=N–C) groups is 1. The van der Waals surface area contributed by atoms with E-state index in [1.807, 2.05) is 24.4 Å². The highest BCUT2D eigenvalue weighted by atomic mass is 19.2. The van der Waals surface area contributed by atoms with Crippen LogP contribution in [0.3, 0.4) is 0 Å². The Bertz CT molecular complexity index is 1190. The van der Waals surface area contributed by atoms with Gasteiger partial charge in [0.15, 0.2) is 11.6 Å². The Morgan fingerprint density at radius 2 is 1.95 bits per heavy atom. The fraction of sp³-hybridized carbons (Fsp3) is 0.444. The molecule has 9 nitrogen and oxygen atoms in total. The molecule has 1 saturated heterocycles. The Morgan fingerprint density at radius 1 is 1.18 bits per heavy atom. The minimum Gasteiger partial charge on any atom is -0.468 e. The van der Waals surface area contributed by atoms with Gasteiger partial charge in [0.25, 0.3) is 0 Å². The Labute approximate surface area is 220 Å². The summed E-state index contributed by atoms with van der Waals surface area (Å²) >= 11 is 0. The van der Waals surface area contributed by atoms with Gasteiger partial charge in [-0.15, -0.1) is 0 Å². The highest BCUT2D eigenvalue weighted by Crippen LogP contribution is 2.36. The Hall–Kier alpha value is -3.73. The molecule has 0 N–H and O–H groups in total. The van der Waals surface area contributed by atoms with E-state index in [1.54, 1.807) is 0 Å². The second kappa shape index (κ2) is 12.2. The lowest BCUT2D eigenvalue weighted by atomic mass is 9.87. The molecule has 2 unspecified atom stereocenters. The van der Waals surface area contributed by atoms with Crippen molar-refractivity contribution in [2.24, 2.45) is 10.9 Å². The summed E-state index contributed by atoms with van der Waals surface area (Å²) in [7, 11) is 1.19. The number of hydrazine groups is 1. The van der Waals surface area contributed by atoms with Gasteiger partial charge < -0.3 is 9.64 Å². The SMILES string of the molecule is COC(=O)C1C(C)=NC(=O)N(N(C=O)CCCN2CCC(c3ccccn3)CC2)C1c1ccc(F)c(F)c1. The number of methoxy groups -OCH3 is 1. The molecule has 1 aromatic carbocycles. The summed E-state index contributed by atoms with van der Waals surface area (Å²) < 4.78 is 32.8. The third-order valence-electron chi connectivity index (χ3n) is 7.19. The predicted octanol–water partition coefficient (Wildman–Crippen LogP) is 3.73. The van der Waals surface area contributed by atoms with E-state index in [0.29, 0.717) is 25.3 Å². The summed E-state index contributed by atoms with van der Waals surface area (Å²) in [6.07, 6.45) is 4.80. The maximum absolute atomic E-state index is 14.2. The van der Waals surface area contributed by atoms with Crippen molar-refractivity contribution in [3.05, 3.63) is 65.5 Å². The molecule has 38 heavy (non-hydrogen) atoms. The van der Waals surface area contributed by atoms with Crippen molar-refractivity contribution in [3.63, 3.8) is 0 Å². The monoisotopic (exact) mass is 527 g/mol. The number of ether oxygens (including phenoxy) is 1. The average Bonchev–Trinajstić information content (AvgIpc) is 2.93. The van der Waals surface area contributed by atoms with Crippen molar-refractivity contribution in [2.75, 3.05) is 33.3 Å². The zero-order valence-corrected chi connectivity index (χ0v) is 21.4. The fourth-order valence-corrected chi connectivity index (χ4v) is 5.22. The van der Waals surface area contributed by atoms with Gasteiger partial charge in [0.1, 0.15) is 5.92 Å². The lowest BCUT2D eigenvalue weighted by molar-refractivity contribution is -0.150.